The lowest BCUT2D eigenvalue weighted by atomic mass is 10.2. The van der Waals surface area contributed by atoms with E-state index in [4.69, 9.17) is 5.73 Å². The largest absolute Gasteiger partial charge is 0.382 e. The molecule has 3 nitrogen and oxygen atoms in total. The summed E-state index contributed by atoms with van der Waals surface area (Å²) in [5.74, 6) is 0.491. The quantitative estimate of drug-likeness (QED) is 0.627. The Morgan fingerprint density at radius 1 is 1.82 bits per heavy atom. The topological polar surface area (TPSA) is 54.7 Å². The summed E-state index contributed by atoms with van der Waals surface area (Å²) in [6.07, 6.45) is 3.81. The highest BCUT2D eigenvalue weighted by Crippen LogP contribution is 2.12. The molecule has 58 valence electrons. The van der Waals surface area contributed by atoms with Crippen molar-refractivity contribution in [3.05, 3.63) is 30.5 Å². The average molecular weight is 149 g/mol. The number of H-pyrrole nitrogens is 1. The van der Waals surface area contributed by atoms with Gasteiger partial charge in [0, 0.05) is 6.07 Å². The van der Waals surface area contributed by atoms with E-state index < -0.39 is 0 Å². The Morgan fingerprint density at radius 2 is 2.55 bits per heavy atom. The number of nitrogen functional groups attached to an aromatic ring is 1. The second-order valence-electron chi connectivity index (χ2n) is 2.23. The molecule has 0 aliphatic rings. The first-order valence-electron chi connectivity index (χ1n) is 3.37. The molecule has 0 unspecified atom stereocenters. The van der Waals surface area contributed by atoms with Crippen LogP contribution in [-0.4, -0.2) is 10.2 Å². The SMILES string of the molecule is C=C(C=CC)c1cc(N)n[nH]1. The van der Waals surface area contributed by atoms with Gasteiger partial charge in [-0.15, -0.1) is 0 Å². The van der Waals surface area contributed by atoms with Gasteiger partial charge in [-0.2, -0.15) is 5.10 Å². The Morgan fingerprint density at radius 3 is 3.00 bits per heavy atom. The van der Waals surface area contributed by atoms with Crippen LogP contribution in [0.4, 0.5) is 5.82 Å². The number of nitrogens with zero attached hydrogens (tertiary/aromatic N) is 1. The summed E-state index contributed by atoms with van der Waals surface area (Å²) in [7, 11) is 0. The summed E-state index contributed by atoms with van der Waals surface area (Å²) in [6, 6.07) is 1.75. The molecule has 0 atom stereocenters. The molecule has 0 amide bonds. The number of rotatable bonds is 2. The summed E-state index contributed by atoms with van der Waals surface area (Å²) in [6.45, 7) is 5.75. The third-order valence-corrected chi connectivity index (χ3v) is 1.31. The molecule has 1 aromatic rings. The highest BCUT2D eigenvalue weighted by molar-refractivity contribution is 5.70. The number of aromatic amines is 1. The standard InChI is InChI=1S/C8H11N3/c1-3-4-6(2)7-5-8(9)11-10-7/h3-5H,2H2,1H3,(H3,9,10,11). The van der Waals surface area contributed by atoms with Crippen molar-refractivity contribution in [1.29, 1.82) is 0 Å². The number of hydrogen-bond acceptors (Lipinski definition) is 2. The van der Waals surface area contributed by atoms with Crippen LogP contribution in [0, 0.1) is 0 Å². The average Bonchev–Trinajstić information content (AvgIpc) is 2.36. The zero-order chi connectivity index (χ0) is 8.27. The van der Waals surface area contributed by atoms with E-state index in [1.807, 2.05) is 19.1 Å². The fraction of sp³-hybridized carbons (Fsp3) is 0.125. The normalized spacial score (nSPS) is 10.6. The van der Waals surface area contributed by atoms with Gasteiger partial charge in [0.05, 0.1) is 5.69 Å². The van der Waals surface area contributed by atoms with Gasteiger partial charge in [0.1, 0.15) is 5.82 Å². The minimum atomic E-state index is 0.491. The van der Waals surface area contributed by atoms with E-state index >= 15 is 0 Å². The molecule has 1 heterocycles. The van der Waals surface area contributed by atoms with Crippen molar-refractivity contribution >= 4 is 11.4 Å². The Kier molecular flexibility index (Phi) is 2.11. The van der Waals surface area contributed by atoms with E-state index in [9.17, 15) is 0 Å². The van der Waals surface area contributed by atoms with Gasteiger partial charge in [0.15, 0.2) is 0 Å². The van der Waals surface area contributed by atoms with Crippen LogP contribution in [0.5, 0.6) is 0 Å². The molecule has 1 rings (SSSR count). The maximum atomic E-state index is 5.40. The molecular weight excluding hydrogens is 138 g/mol. The van der Waals surface area contributed by atoms with Gasteiger partial charge >= 0.3 is 0 Å². The number of anilines is 1. The van der Waals surface area contributed by atoms with Crippen LogP contribution >= 0.6 is 0 Å². The van der Waals surface area contributed by atoms with E-state index in [1.165, 1.54) is 0 Å². The van der Waals surface area contributed by atoms with Crippen LogP contribution in [-0.2, 0) is 0 Å². The van der Waals surface area contributed by atoms with Crippen LogP contribution in [0.3, 0.4) is 0 Å². The van der Waals surface area contributed by atoms with E-state index in [0.29, 0.717) is 5.82 Å². The molecule has 0 fully saturated rings. The molecule has 0 radical (unpaired) electrons. The second-order valence-corrected chi connectivity index (χ2v) is 2.23. The molecular formula is C8H11N3. The maximum absolute atomic E-state index is 5.40. The minimum absolute atomic E-state index is 0.491. The Hall–Kier alpha value is -1.51. The molecule has 0 aliphatic carbocycles. The van der Waals surface area contributed by atoms with Crippen LogP contribution in [0.25, 0.3) is 5.57 Å². The third kappa shape index (κ3) is 1.70. The number of nitrogens with two attached hydrogens (primary N) is 1. The van der Waals surface area contributed by atoms with Crippen molar-refractivity contribution in [3.63, 3.8) is 0 Å². The summed E-state index contributed by atoms with van der Waals surface area (Å²) >= 11 is 0. The zero-order valence-corrected chi connectivity index (χ0v) is 6.46. The van der Waals surface area contributed by atoms with Gasteiger partial charge in [-0.3, -0.25) is 5.10 Å². The predicted molar refractivity (Wildman–Crippen MR) is 46.8 cm³/mol. The first kappa shape index (κ1) is 7.60. The van der Waals surface area contributed by atoms with Crippen LogP contribution < -0.4 is 5.73 Å². The van der Waals surface area contributed by atoms with Gasteiger partial charge < -0.3 is 5.73 Å². The summed E-state index contributed by atoms with van der Waals surface area (Å²) < 4.78 is 0. The van der Waals surface area contributed by atoms with Gasteiger partial charge in [-0.1, -0.05) is 18.7 Å². The molecule has 3 N–H and O–H groups in total. The molecule has 0 bridgehead atoms. The van der Waals surface area contributed by atoms with Crippen molar-refractivity contribution in [2.75, 3.05) is 5.73 Å². The minimum Gasteiger partial charge on any atom is -0.382 e. The van der Waals surface area contributed by atoms with E-state index in [1.54, 1.807) is 6.07 Å². The predicted octanol–water partition coefficient (Wildman–Crippen LogP) is 1.58. The van der Waals surface area contributed by atoms with Crippen molar-refractivity contribution in [1.82, 2.24) is 10.2 Å². The number of hydrogen-bond donors (Lipinski definition) is 2. The molecule has 0 saturated heterocycles. The van der Waals surface area contributed by atoms with Crippen molar-refractivity contribution in [3.8, 4) is 0 Å². The molecule has 0 spiro atoms. The lowest BCUT2D eigenvalue weighted by Gasteiger charge is -1.90. The monoisotopic (exact) mass is 149 g/mol. The summed E-state index contributed by atoms with van der Waals surface area (Å²) in [4.78, 5) is 0. The Bertz CT molecular complexity index is 283. The van der Waals surface area contributed by atoms with Gasteiger partial charge in [0.2, 0.25) is 0 Å². The number of allylic oxidation sites excluding steroid dienone is 3. The molecule has 11 heavy (non-hydrogen) atoms. The smallest absolute Gasteiger partial charge is 0.145 e. The first-order valence-corrected chi connectivity index (χ1v) is 3.37. The number of aromatic nitrogens is 2. The fourth-order valence-corrected chi connectivity index (χ4v) is 0.793. The van der Waals surface area contributed by atoms with Crippen LogP contribution in [0.2, 0.25) is 0 Å². The highest BCUT2D eigenvalue weighted by Gasteiger charge is 1.97. The van der Waals surface area contributed by atoms with E-state index in [0.717, 1.165) is 11.3 Å². The highest BCUT2D eigenvalue weighted by atomic mass is 15.2. The van der Waals surface area contributed by atoms with Crippen molar-refractivity contribution < 1.29 is 0 Å². The molecule has 3 heteroatoms. The van der Waals surface area contributed by atoms with E-state index in [-0.39, 0.29) is 0 Å². The lowest BCUT2D eigenvalue weighted by molar-refractivity contribution is 1.08. The maximum Gasteiger partial charge on any atom is 0.145 e. The molecule has 0 aliphatic heterocycles. The van der Waals surface area contributed by atoms with Gasteiger partial charge in [-0.25, -0.2) is 0 Å². The molecule has 1 aromatic heterocycles. The summed E-state index contributed by atoms with van der Waals surface area (Å²) in [5, 5.41) is 6.54. The first-order chi connectivity index (χ1) is 5.24. The molecule has 0 aromatic carbocycles. The molecule has 0 saturated carbocycles. The van der Waals surface area contributed by atoms with Crippen LogP contribution in [0.1, 0.15) is 12.6 Å². The van der Waals surface area contributed by atoms with E-state index in [2.05, 4.69) is 16.8 Å². The van der Waals surface area contributed by atoms with Gasteiger partial charge in [0.25, 0.3) is 0 Å². The second kappa shape index (κ2) is 3.05. The summed E-state index contributed by atoms with van der Waals surface area (Å²) in [5.41, 5.74) is 7.15. The van der Waals surface area contributed by atoms with Crippen molar-refractivity contribution in [2.24, 2.45) is 0 Å². The van der Waals surface area contributed by atoms with Crippen LogP contribution in [0.15, 0.2) is 24.8 Å². The Labute approximate surface area is 65.6 Å². The third-order valence-electron chi connectivity index (χ3n) is 1.31. The number of nitrogens with one attached hydrogen (secondary N) is 1. The fourth-order valence-electron chi connectivity index (χ4n) is 0.793. The van der Waals surface area contributed by atoms with Gasteiger partial charge in [-0.05, 0) is 12.5 Å². The van der Waals surface area contributed by atoms with Crippen molar-refractivity contribution in [2.45, 2.75) is 6.92 Å². The lowest BCUT2D eigenvalue weighted by Crippen LogP contribution is -1.81. The Balaban J connectivity index is 2.85. The zero-order valence-electron chi connectivity index (χ0n) is 6.46.